The summed E-state index contributed by atoms with van der Waals surface area (Å²) in [6.45, 7) is 2.40. The molecule has 0 aliphatic heterocycles. The average Bonchev–Trinajstić information content (AvgIpc) is 2.55. The Morgan fingerprint density at radius 3 is 2.21 bits per heavy atom. The van der Waals surface area contributed by atoms with E-state index < -0.39 is 0 Å². The molecule has 0 radical (unpaired) electrons. The second kappa shape index (κ2) is 9.08. The lowest BCUT2D eigenvalue weighted by Crippen LogP contribution is -2.36. The van der Waals surface area contributed by atoms with Crippen molar-refractivity contribution in [2.45, 2.75) is 19.6 Å². The molecule has 4 nitrogen and oxygen atoms in total. The molecule has 0 saturated heterocycles. The van der Waals surface area contributed by atoms with Crippen LogP contribution in [-0.4, -0.2) is 44.0 Å². The molecule has 4 heteroatoms. The lowest BCUT2D eigenvalue weighted by atomic mass is 10.1. The van der Waals surface area contributed by atoms with Crippen LogP contribution in [0.3, 0.4) is 0 Å². The summed E-state index contributed by atoms with van der Waals surface area (Å²) >= 11 is 0. The van der Waals surface area contributed by atoms with Crippen molar-refractivity contribution in [3.63, 3.8) is 0 Å². The van der Waals surface area contributed by atoms with Crippen LogP contribution in [0.1, 0.15) is 16.7 Å². The van der Waals surface area contributed by atoms with Crippen LogP contribution in [0.25, 0.3) is 0 Å². The molecule has 1 N–H and O–H groups in total. The van der Waals surface area contributed by atoms with Gasteiger partial charge in [-0.15, -0.1) is 0 Å². The highest BCUT2D eigenvalue weighted by Gasteiger charge is 2.03. The fourth-order valence-electron chi connectivity index (χ4n) is 2.49. The third-order valence-corrected chi connectivity index (χ3v) is 3.62. The number of guanidine groups is 1. The summed E-state index contributed by atoms with van der Waals surface area (Å²) in [4.78, 5) is 8.94. The number of rotatable bonds is 6. The molecule has 0 bridgehead atoms. The molecule has 2 rings (SSSR count). The molecule has 2 aromatic carbocycles. The van der Waals surface area contributed by atoms with Crippen LogP contribution in [0.2, 0.25) is 0 Å². The molecule has 0 amide bonds. The monoisotopic (exact) mass is 324 g/mol. The molecule has 0 saturated carbocycles. The van der Waals surface area contributed by atoms with Crippen LogP contribution >= 0.6 is 0 Å². The Kier molecular flexibility index (Phi) is 6.82. The van der Waals surface area contributed by atoms with E-state index in [-0.39, 0.29) is 0 Å². The first-order valence-corrected chi connectivity index (χ1v) is 8.26. The Morgan fingerprint density at radius 1 is 0.875 bits per heavy atom. The minimum absolute atomic E-state index is 0.677. The van der Waals surface area contributed by atoms with E-state index in [1.165, 1.54) is 16.7 Å². The summed E-state index contributed by atoms with van der Waals surface area (Å²) < 4.78 is 0. The Labute approximate surface area is 145 Å². The van der Waals surface area contributed by atoms with Crippen molar-refractivity contribution in [2.75, 3.05) is 28.2 Å². The molecule has 0 aliphatic carbocycles. The second-order valence-corrected chi connectivity index (χ2v) is 6.43. The van der Waals surface area contributed by atoms with Gasteiger partial charge in [0.25, 0.3) is 0 Å². The predicted molar refractivity (Wildman–Crippen MR) is 102 cm³/mol. The van der Waals surface area contributed by atoms with Gasteiger partial charge in [-0.2, -0.15) is 0 Å². The quantitative estimate of drug-likeness (QED) is 0.655. The first kappa shape index (κ1) is 18.0. The number of benzene rings is 2. The van der Waals surface area contributed by atoms with Gasteiger partial charge in [-0.05, 0) is 30.8 Å². The van der Waals surface area contributed by atoms with E-state index in [1.807, 2.05) is 25.1 Å². The van der Waals surface area contributed by atoms with Crippen molar-refractivity contribution in [1.29, 1.82) is 0 Å². The molecular formula is C20H28N4. The lowest BCUT2D eigenvalue weighted by molar-refractivity contribution is 0.402. The van der Waals surface area contributed by atoms with Gasteiger partial charge in [0, 0.05) is 27.2 Å². The topological polar surface area (TPSA) is 30.9 Å². The van der Waals surface area contributed by atoms with Crippen LogP contribution in [0.5, 0.6) is 0 Å². The Balaban J connectivity index is 2.00. The van der Waals surface area contributed by atoms with E-state index in [9.17, 15) is 0 Å². The highest BCUT2D eigenvalue weighted by atomic mass is 15.3. The number of aliphatic imine (C=N–C) groups is 1. The van der Waals surface area contributed by atoms with Gasteiger partial charge in [0.15, 0.2) is 5.96 Å². The Bertz CT molecular complexity index is 648. The van der Waals surface area contributed by atoms with Gasteiger partial charge >= 0.3 is 0 Å². The van der Waals surface area contributed by atoms with E-state index in [0.29, 0.717) is 6.54 Å². The minimum atomic E-state index is 0.677. The summed E-state index contributed by atoms with van der Waals surface area (Å²) in [5, 5.41) is 3.42. The van der Waals surface area contributed by atoms with E-state index in [4.69, 9.17) is 4.99 Å². The average molecular weight is 324 g/mol. The predicted octanol–water partition coefficient (Wildman–Crippen LogP) is 2.96. The van der Waals surface area contributed by atoms with E-state index in [2.05, 4.69) is 72.8 Å². The number of hydrogen-bond acceptors (Lipinski definition) is 2. The maximum absolute atomic E-state index is 4.75. The summed E-state index contributed by atoms with van der Waals surface area (Å²) in [5.74, 6) is 0.900. The summed E-state index contributed by atoms with van der Waals surface area (Å²) in [6.07, 6.45) is 0. The van der Waals surface area contributed by atoms with Crippen LogP contribution < -0.4 is 5.32 Å². The molecule has 2 aromatic rings. The van der Waals surface area contributed by atoms with Crippen molar-refractivity contribution >= 4 is 5.96 Å². The molecular weight excluding hydrogens is 296 g/mol. The van der Waals surface area contributed by atoms with E-state index >= 15 is 0 Å². The molecule has 0 spiro atoms. The van der Waals surface area contributed by atoms with Crippen LogP contribution in [0, 0.1) is 0 Å². The number of nitrogens with one attached hydrogen (secondary N) is 1. The van der Waals surface area contributed by atoms with Crippen LogP contribution in [-0.2, 0) is 19.6 Å². The second-order valence-electron chi connectivity index (χ2n) is 6.43. The smallest absolute Gasteiger partial charge is 0.194 e. The molecule has 0 atom stereocenters. The highest BCUT2D eigenvalue weighted by molar-refractivity contribution is 5.79. The lowest BCUT2D eigenvalue weighted by Gasteiger charge is -2.18. The van der Waals surface area contributed by atoms with Crippen molar-refractivity contribution in [3.8, 4) is 0 Å². The van der Waals surface area contributed by atoms with Gasteiger partial charge in [-0.25, -0.2) is 4.99 Å². The molecule has 0 aromatic heterocycles. The third kappa shape index (κ3) is 6.05. The van der Waals surface area contributed by atoms with E-state index in [0.717, 1.165) is 19.0 Å². The van der Waals surface area contributed by atoms with Crippen LogP contribution in [0.15, 0.2) is 59.6 Å². The summed E-state index contributed by atoms with van der Waals surface area (Å²) in [6, 6.07) is 19.0. The zero-order valence-corrected chi connectivity index (χ0v) is 15.2. The van der Waals surface area contributed by atoms with Crippen molar-refractivity contribution in [3.05, 3.63) is 71.3 Å². The first-order valence-electron chi connectivity index (χ1n) is 8.26. The maximum Gasteiger partial charge on any atom is 0.194 e. The largest absolute Gasteiger partial charge is 0.352 e. The first-order chi connectivity index (χ1) is 11.5. The molecule has 0 unspecified atom stereocenters. The Morgan fingerprint density at radius 2 is 1.54 bits per heavy atom. The normalized spacial score (nSPS) is 11.6. The molecule has 0 heterocycles. The zero-order valence-electron chi connectivity index (χ0n) is 15.2. The zero-order chi connectivity index (χ0) is 17.4. The van der Waals surface area contributed by atoms with Crippen molar-refractivity contribution in [1.82, 2.24) is 15.1 Å². The van der Waals surface area contributed by atoms with Gasteiger partial charge in [0.05, 0.1) is 6.54 Å². The summed E-state index contributed by atoms with van der Waals surface area (Å²) in [7, 11) is 8.20. The van der Waals surface area contributed by atoms with Gasteiger partial charge in [-0.3, -0.25) is 0 Å². The summed E-state index contributed by atoms with van der Waals surface area (Å²) in [5.41, 5.74) is 3.80. The van der Waals surface area contributed by atoms with Crippen molar-refractivity contribution in [2.24, 2.45) is 4.99 Å². The highest BCUT2D eigenvalue weighted by Crippen LogP contribution is 2.08. The Hall–Kier alpha value is -2.33. The SMILES string of the molecule is CN(C)Cc1cccc(CN=C(NCc2ccccc2)N(C)C)c1. The van der Waals surface area contributed by atoms with Gasteiger partial charge in [0.1, 0.15) is 0 Å². The minimum Gasteiger partial charge on any atom is -0.352 e. The van der Waals surface area contributed by atoms with Crippen molar-refractivity contribution < 1.29 is 0 Å². The van der Waals surface area contributed by atoms with E-state index in [1.54, 1.807) is 0 Å². The molecule has 24 heavy (non-hydrogen) atoms. The molecule has 0 aliphatic rings. The number of hydrogen-bond donors (Lipinski definition) is 1. The fraction of sp³-hybridized carbons (Fsp3) is 0.350. The fourth-order valence-corrected chi connectivity index (χ4v) is 2.49. The third-order valence-electron chi connectivity index (χ3n) is 3.62. The number of nitrogens with zero attached hydrogens (tertiary/aromatic N) is 3. The van der Waals surface area contributed by atoms with Crippen LogP contribution in [0.4, 0.5) is 0 Å². The van der Waals surface area contributed by atoms with Gasteiger partial charge < -0.3 is 15.1 Å². The molecule has 128 valence electrons. The molecule has 0 fully saturated rings. The maximum atomic E-state index is 4.75. The standard InChI is InChI=1S/C20H28N4/c1-23(2)16-19-12-8-11-18(13-19)15-22-20(24(3)4)21-14-17-9-6-5-7-10-17/h5-13H,14-16H2,1-4H3,(H,21,22). The van der Waals surface area contributed by atoms with Gasteiger partial charge in [0.2, 0.25) is 0 Å². The van der Waals surface area contributed by atoms with Gasteiger partial charge in [-0.1, -0.05) is 54.6 Å².